The molecule has 0 aliphatic carbocycles. The van der Waals surface area contributed by atoms with Crippen molar-refractivity contribution in [2.75, 3.05) is 5.73 Å². The molecule has 0 aliphatic heterocycles. The summed E-state index contributed by atoms with van der Waals surface area (Å²) in [6.45, 7) is 0. The summed E-state index contributed by atoms with van der Waals surface area (Å²) < 4.78 is 0. The molecule has 2 aromatic rings. The molecule has 1 heterocycles. The van der Waals surface area contributed by atoms with Crippen LogP contribution < -0.4 is 11.3 Å². The minimum atomic E-state index is -0.295. The first-order valence-corrected chi connectivity index (χ1v) is 5.54. The maximum absolute atomic E-state index is 11.2. The Balaban J connectivity index is 2.31. The summed E-state index contributed by atoms with van der Waals surface area (Å²) in [6.07, 6.45) is 0. The van der Waals surface area contributed by atoms with Gasteiger partial charge in [0.1, 0.15) is 5.82 Å². The van der Waals surface area contributed by atoms with Crippen LogP contribution in [0.1, 0.15) is 5.56 Å². The van der Waals surface area contributed by atoms with Crippen molar-refractivity contribution in [2.45, 2.75) is 10.1 Å². The van der Waals surface area contributed by atoms with Gasteiger partial charge in [-0.05, 0) is 18.2 Å². The summed E-state index contributed by atoms with van der Waals surface area (Å²) >= 11 is 1.25. The molecular formula is C11H8N4OS. The van der Waals surface area contributed by atoms with E-state index in [2.05, 4.69) is 9.97 Å². The number of H-pyrrole nitrogens is 1. The third-order valence-electron chi connectivity index (χ3n) is 1.92. The molecule has 0 amide bonds. The lowest BCUT2D eigenvalue weighted by Gasteiger charge is -2.01. The van der Waals surface area contributed by atoms with Gasteiger partial charge in [0.25, 0.3) is 5.56 Å². The zero-order valence-corrected chi connectivity index (χ0v) is 9.49. The van der Waals surface area contributed by atoms with Crippen LogP contribution in [0.3, 0.4) is 0 Å². The molecule has 1 aromatic carbocycles. The summed E-state index contributed by atoms with van der Waals surface area (Å²) in [7, 11) is 0. The third-order valence-corrected chi connectivity index (χ3v) is 2.79. The van der Waals surface area contributed by atoms with Gasteiger partial charge in [0.2, 0.25) is 0 Å². The van der Waals surface area contributed by atoms with Gasteiger partial charge in [0.05, 0.1) is 11.6 Å². The molecule has 0 radical (unpaired) electrons. The van der Waals surface area contributed by atoms with E-state index < -0.39 is 0 Å². The third kappa shape index (κ3) is 2.86. The van der Waals surface area contributed by atoms with E-state index in [4.69, 9.17) is 11.0 Å². The Morgan fingerprint density at radius 1 is 1.41 bits per heavy atom. The maximum Gasteiger partial charge on any atom is 0.253 e. The van der Waals surface area contributed by atoms with Crippen LogP contribution in [0.5, 0.6) is 0 Å². The predicted molar refractivity (Wildman–Crippen MR) is 64.6 cm³/mol. The molecule has 2 rings (SSSR count). The van der Waals surface area contributed by atoms with E-state index in [1.807, 2.05) is 12.1 Å². The van der Waals surface area contributed by atoms with Gasteiger partial charge in [-0.15, -0.1) is 0 Å². The van der Waals surface area contributed by atoms with Crippen LogP contribution in [0.2, 0.25) is 0 Å². The summed E-state index contributed by atoms with van der Waals surface area (Å²) in [4.78, 5) is 18.6. The van der Waals surface area contributed by atoms with E-state index in [0.29, 0.717) is 10.7 Å². The number of rotatable bonds is 2. The van der Waals surface area contributed by atoms with E-state index in [9.17, 15) is 4.79 Å². The van der Waals surface area contributed by atoms with E-state index in [1.54, 1.807) is 18.2 Å². The van der Waals surface area contributed by atoms with Crippen molar-refractivity contribution < 1.29 is 0 Å². The largest absolute Gasteiger partial charge is 0.383 e. The van der Waals surface area contributed by atoms with Crippen molar-refractivity contribution in [1.82, 2.24) is 9.97 Å². The van der Waals surface area contributed by atoms with Gasteiger partial charge in [0.15, 0.2) is 5.16 Å². The number of anilines is 1. The Morgan fingerprint density at radius 3 is 2.94 bits per heavy atom. The van der Waals surface area contributed by atoms with Crippen LogP contribution in [0.4, 0.5) is 5.82 Å². The molecular weight excluding hydrogens is 236 g/mol. The molecule has 6 heteroatoms. The van der Waals surface area contributed by atoms with Gasteiger partial charge < -0.3 is 10.7 Å². The van der Waals surface area contributed by atoms with Gasteiger partial charge >= 0.3 is 0 Å². The second-order valence-corrected chi connectivity index (χ2v) is 4.28. The quantitative estimate of drug-likeness (QED) is 0.778. The van der Waals surface area contributed by atoms with Crippen molar-refractivity contribution in [3.05, 3.63) is 46.2 Å². The highest BCUT2D eigenvalue weighted by Crippen LogP contribution is 2.24. The number of nitriles is 1. The Hall–Kier alpha value is -2.26. The molecule has 0 aliphatic rings. The van der Waals surface area contributed by atoms with Crippen molar-refractivity contribution in [1.29, 1.82) is 5.26 Å². The smallest absolute Gasteiger partial charge is 0.253 e. The average Bonchev–Trinajstić information content (AvgIpc) is 2.28. The fourth-order valence-corrected chi connectivity index (χ4v) is 2.10. The molecule has 1 aromatic heterocycles. The van der Waals surface area contributed by atoms with Crippen molar-refractivity contribution >= 4 is 17.6 Å². The first-order valence-electron chi connectivity index (χ1n) is 4.72. The number of nitrogens with one attached hydrogen (secondary N) is 1. The minimum absolute atomic E-state index is 0.174. The Kier molecular flexibility index (Phi) is 3.12. The molecule has 0 atom stereocenters. The number of hydrogen-bond acceptors (Lipinski definition) is 5. The zero-order valence-electron chi connectivity index (χ0n) is 8.68. The minimum Gasteiger partial charge on any atom is -0.383 e. The zero-order chi connectivity index (χ0) is 12.3. The van der Waals surface area contributed by atoms with Crippen molar-refractivity contribution in [3.8, 4) is 6.07 Å². The maximum atomic E-state index is 11.2. The van der Waals surface area contributed by atoms with Gasteiger partial charge in [-0.1, -0.05) is 17.8 Å². The lowest BCUT2D eigenvalue weighted by atomic mass is 10.2. The van der Waals surface area contributed by atoms with E-state index in [0.717, 1.165) is 4.90 Å². The predicted octanol–water partition coefficient (Wildman–Crippen LogP) is 1.37. The van der Waals surface area contributed by atoms with Gasteiger partial charge in [0, 0.05) is 11.0 Å². The standard InChI is InChI=1S/C11H8N4OS/c12-6-7-2-1-3-8(4-7)17-11-14-9(13)5-10(16)15-11/h1-5H,(H3,13,14,15,16). The lowest BCUT2D eigenvalue weighted by Crippen LogP contribution is -2.09. The van der Waals surface area contributed by atoms with Gasteiger partial charge in [-0.25, -0.2) is 4.98 Å². The van der Waals surface area contributed by atoms with E-state index in [1.165, 1.54) is 17.8 Å². The molecule has 0 unspecified atom stereocenters. The molecule has 84 valence electrons. The summed E-state index contributed by atoms with van der Waals surface area (Å²) in [6, 6.07) is 10.3. The monoisotopic (exact) mass is 244 g/mol. The van der Waals surface area contributed by atoms with Gasteiger partial charge in [-0.3, -0.25) is 4.79 Å². The van der Waals surface area contributed by atoms with E-state index >= 15 is 0 Å². The first-order chi connectivity index (χ1) is 8.17. The molecule has 5 nitrogen and oxygen atoms in total. The Labute approximate surface area is 101 Å². The Bertz CT molecular complexity index is 644. The highest BCUT2D eigenvalue weighted by molar-refractivity contribution is 7.99. The average molecular weight is 244 g/mol. The number of nitrogen functional groups attached to an aromatic ring is 1. The van der Waals surface area contributed by atoms with E-state index in [-0.39, 0.29) is 11.4 Å². The number of aromatic amines is 1. The molecule has 17 heavy (non-hydrogen) atoms. The van der Waals surface area contributed by atoms with Crippen LogP contribution in [-0.4, -0.2) is 9.97 Å². The van der Waals surface area contributed by atoms with Crippen LogP contribution in [0.25, 0.3) is 0 Å². The first kappa shape index (κ1) is 11.2. The molecule has 0 saturated carbocycles. The number of benzene rings is 1. The highest BCUT2D eigenvalue weighted by Gasteiger charge is 2.02. The molecule has 3 N–H and O–H groups in total. The van der Waals surface area contributed by atoms with Crippen LogP contribution in [0.15, 0.2) is 45.2 Å². The van der Waals surface area contributed by atoms with Crippen LogP contribution in [-0.2, 0) is 0 Å². The van der Waals surface area contributed by atoms with Crippen molar-refractivity contribution in [3.63, 3.8) is 0 Å². The highest BCUT2D eigenvalue weighted by atomic mass is 32.2. The van der Waals surface area contributed by atoms with Crippen molar-refractivity contribution in [2.24, 2.45) is 0 Å². The second kappa shape index (κ2) is 4.72. The summed E-state index contributed by atoms with van der Waals surface area (Å²) in [5.74, 6) is 0.174. The normalized spacial score (nSPS) is 9.82. The van der Waals surface area contributed by atoms with Crippen LogP contribution in [0, 0.1) is 11.3 Å². The molecule has 0 saturated heterocycles. The molecule has 0 spiro atoms. The Morgan fingerprint density at radius 2 is 2.24 bits per heavy atom. The second-order valence-electron chi connectivity index (χ2n) is 3.22. The SMILES string of the molecule is N#Cc1cccc(Sc2nc(N)cc(=O)[nH]2)c1. The number of hydrogen-bond donors (Lipinski definition) is 2. The van der Waals surface area contributed by atoms with Gasteiger partial charge in [-0.2, -0.15) is 5.26 Å². The molecule has 0 fully saturated rings. The molecule has 0 bridgehead atoms. The summed E-state index contributed by atoms with van der Waals surface area (Å²) in [5, 5.41) is 9.17. The topological polar surface area (TPSA) is 95.6 Å². The fourth-order valence-electron chi connectivity index (χ4n) is 1.24. The number of aromatic nitrogens is 2. The summed E-state index contributed by atoms with van der Waals surface area (Å²) in [5.41, 5.74) is 5.73. The lowest BCUT2D eigenvalue weighted by molar-refractivity contribution is 0.945. The fraction of sp³-hybridized carbons (Fsp3) is 0. The van der Waals surface area contributed by atoms with Crippen LogP contribution >= 0.6 is 11.8 Å². The number of nitrogens with two attached hydrogens (primary N) is 1. The number of nitrogens with zero attached hydrogens (tertiary/aromatic N) is 2.